The van der Waals surface area contributed by atoms with E-state index in [2.05, 4.69) is 70.1 Å². The molecular formula is C35H44N6O3. The summed E-state index contributed by atoms with van der Waals surface area (Å²) in [6.07, 6.45) is 8.69. The summed E-state index contributed by atoms with van der Waals surface area (Å²) in [6, 6.07) is 12.0. The second-order valence-electron chi connectivity index (χ2n) is 12.6. The van der Waals surface area contributed by atoms with Crippen molar-refractivity contribution in [3.8, 4) is 11.5 Å². The molecule has 0 fully saturated rings. The number of rotatable bonds is 10. The van der Waals surface area contributed by atoms with E-state index in [4.69, 9.17) is 14.5 Å². The largest absolute Gasteiger partial charge is 0.494 e. The molecule has 2 aromatic carbocycles. The summed E-state index contributed by atoms with van der Waals surface area (Å²) in [4.78, 5) is 26.0. The maximum absolute atomic E-state index is 12.4. The van der Waals surface area contributed by atoms with Gasteiger partial charge in [0.25, 0.3) is 0 Å². The highest BCUT2D eigenvalue weighted by atomic mass is 16.5. The van der Waals surface area contributed by atoms with Gasteiger partial charge in [0.05, 0.1) is 36.5 Å². The Morgan fingerprint density at radius 1 is 1.18 bits per heavy atom. The number of likely N-dealkylation sites (N-methyl/N-ethyl adjacent to an activating group) is 2. The first-order valence-corrected chi connectivity index (χ1v) is 15.2. The lowest BCUT2D eigenvalue weighted by atomic mass is 9.86. The van der Waals surface area contributed by atoms with Crippen molar-refractivity contribution in [1.82, 2.24) is 14.9 Å². The van der Waals surface area contributed by atoms with Gasteiger partial charge < -0.3 is 29.9 Å². The molecule has 44 heavy (non-hydrogen) atoms. The van der Waals surface area contributed by atoms with Gasteiger partial charge in [-0.15, -0.1) is 0 Å². The molecule has 0 saturated carbocycles. The Morgan fingerprint density at radius 3 is 2.75 bits per heavy atom. The van der Waals surface area contributed by atoms with Crippen LogP contribution in [0.3, 0.4) is 0 Å². The van der Waals surface area contributed by atoms with Gasteiger partial charge in [-0.25, -0.2) is 9.97 Å². The fourth-order valence-corrected chi connectivity index (χ4v) is 5.85. The third-order valence-electron chi connectivity index (χ3n) is 8.31. The van der Waals surface area contributed by atoms with Crippen molar-refractivity contribution >= 4 is 34.5 Å². The average Bonchev–Trinajstić information content (AvgIpc) is 3.40. The minimum Gasteiger partial charge on any atom is -0.494 e. The quantitative estimate of drug-likeness (QED) is 0.258. The summed E-state index contributed by atoms with van der Waals surface area (Å²) in [5.41, 5.74) is 6.57. The number of nitrogens with one attached hydrogen (secondary N) is 2. The highest BCUT2D eigenvalue weighted by Crippen LogP contribution is 2.47. The Balaban J connectivity index is 1.47. The van der Waals surface area contributed by atoms with Crippen LogP contribution in [0.4, 0.5) is 23.0 Å². The Morgan fingerprint density at radius 2 is 2.00 bits per heavy atom. The smallest absolute Gasteiger partial charge is 0.247 e. The fourth-order valence-electron chi connectivity index (χ4n) is 5.85. The molecule has 1 aliphatic carbocycles. The van der Waals surface area contributed by atoms with Gasteiger partial charge in [-0.3, -0.25) is 4.79 Å². The first-order chi connectivity index (χ1) is 21.1. The summed E-state index contributed by atoms with van der Waals surface area (Å²) in [6.45, 7) is 10.5. The SMILES string of the molecule is C=CC(=O)Nc1cc(Nc2nccc(C3=CC4CCCC(C)(C)COc5cccc3c54)n2)c(OC)cc1N(C)CCN(C)C. The lowest BCUT2D eigenvalue weighted by molar-refractivity contribution is -0.111. The number of ether oxygens (including phenoxy) is 2. The molecule has 1 amide bonds. The van der Waals surface area contributed by atoms with E-state index in [1.165, 1.54) is 11.6 Å². The van der Waals surface area contributed by atoms with E-state index >= 15 is 0 Å². The van der Waals surface area contributed by atoms with Crippen LogP contribution in [0, 0.1) is 5.41 Å². The highest BCUT2D eigenvalue weighted by Gasteiger charge is 2.31. The number of methoxy groups -OCH3 is 1. The number of nitrogens with zero attached hydrogens (tertiary/aromatic N) is 4. The van der Waals surface area contributed by atoms with Crippen molar-refractivity contribution in [2.45, 2.75) is 39.0 Å². The van der Waals surface area contributed by atoms with Crippen molar-refractivity contribution < 1.29 is 14.3 Å². The molecule has 9 nitrogen and oxygen atoms in total. The fraction of sp³-hybridized carbons (Fsp3) is 0.400. The minimum atomic E-state index is -0.297. The van der Waals surface area contributed by atoms with Gasteiger partial charge in [0.15, 0.2) is 0 Å². The zero-order valence-corrected chi connectivity index (χ0v) is 26.7. The number of hydrogen-bond donors (Lipinski definition) is 2. The minimum absolute atomic E-state index is 0.149. The second kappa shape index (κ2) is 13.1. The molecule has 232 valence electrons. The van der Waals surface area contributed by atoms with Gasteiger partial charge in [0.2, 0.25) is 11.9 Å². The molecule has 1 unspecified atom stereocenters. The van der Waals surface area contributed by atoms with E-state index in [0.717, 1.165) is 60.6 Å². The first-order valence-electron chi connectivity index (χ1n) is 15.2. The maximum Gasteiger partial charge on any atom is 0.247 e. The van der Waals surface area contributed by atoms with Crippen molar-refractivity contribution in [3.05, 3.63) is 78.1 Å². The van der Waals surface area contributed by atoms with Crippen LogP contribution in [0.1, 0.15) is 55.8 Å². The summed E-state index contributed by atoms with van der Waals surface area (Å²) in [5.74, 6) is 1.98. The molecule has 0 saturated heterocycles. The van der Waals surface area contributed by atoms with Crippen LogP contribution in [-0.4, -0.2) is 68.7 Å². The third-order valence-corrected chi connectivity index (χ3v) is 8.31. The Kier molecular flexibility index (Phi) is 9.25. The van der Waals surface area contributed by atoms with E-state index in [1.54, 1.807) is 13.3 Å². The van der Waals surface area contributed by atoms with E-state index in [9.17, 15) is 4.79 Å². The Bertz CT molecular complexity index is 1560. The molecule has 9 heteroatoms. The topological polar surface area (TPSA) is 91.8 Å². The highest BCUT2D eigenvalue weighted by molar-refractivity contribution is 6.02. The summed E-state index contributed by atoms with van der Waals surface area (Å²) >= 11 is 0. The standard InChI is InChI=1S/C35H44N6O3/c1-8-32(42)37-27-20-28(31(43-7)21-29(27)41(6)18-17-40(4)5)39-34-36-16-14-26(38-34)25-19-23-11-10-15-35(2,3)22-44-30-13-9-12-24(25)33(23)30/h8-9,12-14,16,19-21,23H,1,10-11,15,17-18,22H2,2-7H3,(H,37,42)(H,36,38,39). The van der Waals surface area contributed by atoms with Gasteiger partial charge in [0, 0.05) is 49.5 Å². The molecule has 0 radical (unpaired) electrons. The van der Waals surface area contributed by atoms with Crippen LogP contribution >= 0.6 is 0 Å². The Labute approximate surface area is 261 Å². The number of amides is 1. The molecule has 1 atom stereocenters. The number of carbonyl (C=O) groups excluding carboxylic acids is 1. The lowest BCUT2D eigenvalue weighted by Gasteiger charge is -2.26. The van der Waals surface area contributed by atoms with Gasteiger partial charge >= 0.3 is 0 Å². The molecule has 0 spiro atoms. The molecule has 0 bridgehead atoms. The van der Waals surface area contributed by atoms with E-state index in [-0.39, 0.29) is 17.2 Å². The lowest BCUT2D eigenvalue weighted by Crippen LogP contribution is -2.29. The summed E-state index contributed by atoms with van der Waals surface area (Å²) in [5, 5.41) is 6.29. The molecular weight excluding hydrogens is 552 g/mol. The van der Waals surface area contributed by atoms with E-state index in [0.29, 0.717) is 29.7 Å². The van der Waals surface area contributed by atoms with Gasteiger partial charge in [-0.05, 0) is 62.2 Å². The van der Waals surface area contributed by atoms with Crippen molar-refractivity contribution in [1.29, 1.82) is 0 Å². The molecule has 1 aromatic heterocycles. The van der Waals surface area contributed by atoms with Crippen LogP contribution in [0.25, 0.3) is 5.57 Å². The number of benzene rings is 2. The van der Waals surface area contributed by atoms with E-state index in [1.807, 2.05) is 39.3 Å². The first kappa shape index (κ1) is 31.1. The van der Waals surface area contributed by atoms with Crippen LogP contribution in [0.5, 0.6) is 11.5 Å². The van der Waals surface area contributed by atoms with Crippen LogP contribution in [0.15, 0.2) is 61.3 Å². The summed E-state index contributed by atoms with van der Waals surface area (Å²) < 4.78 is 12.2. The zero-order chi connectivity index (χ0) is 31.4. The molecule has 5 rings (SSSR count). The van der Waals surface area contributed by atoms with Crippen LogP contribution in [0.2, 0.25) is 0 Å². The van der Waals surface area contributed by atoms with Crippen molar-refractivity contribution in [2.75, 3.05) is 63.5 Å². The monoisotopic (exact) mass is 596 g/mol. The summed E-state index contributed by atoms with van der Waals surface area (Å²) in [7, 11) is 7.67. The normalized spacial score (nSPS) is 16.9. The van der Waals surface area contributed by atoms with Crippen LogP contribution < -0.4 is 25.0 Å². The van der Waals surface area contributed by atoms with Gasteiger partial charge in [-0.1, -0.05) is 45.1 Å². The predicted molar refractivity (Wildman–Crippen MR) is 178 cm³/mol. The number of allylic oxidation sites excluding steroid dienone is 1. The predicted octanol–water partition coefficient (Wildman–Crippen LogP) is 6.47. The second-order valence-corrected chi connectivity index (χ2v) is 12.6. The molecule has 1 aliphatic heterocycles. The third kappa shape index (κ3) is 6.89. The van der Waals surface area contributed by atoms with Crippen LogP contribution in [-0.2, 0) is 4.79 Å². The number of aromatic nitrogens is 2. The van der Waals surface area contributed by atoms with Gasteiger partial charge in [-0.2, -0.15) is 0 Å². The Hall–Kier alpha value is -4.37. The van der Waals surface area contributed by atoms with E-state index < -0.39 is 0 Å². The number of carbonyl (C=O) groups is 1. The molecule has 2 N–H and O–H groups in total. The molecule has 2 aliphatic rings. The van der Waals surface area contributed by atoms with Gasteiger partial charge in [0.1, 0.15) is 11.5 Å². The zero-order valence-electron chi connectivity index (χ0n) is 26.7. The average molecular weight is 597 g/mol. The number of hydrogen-bond acceptors (Lipinski definition) is 8. The van der Waals surface area contributed by atoms with Crippen molar-refractivity contribution in [2.24, 2.45) is 5.41 Å². The van der Waals surface area contributed by atoms with Crippen molar-refractivity contribution in [3.63, 3.8) is 0 Å². The maximum atomic E-state index is 12.4. The number of anilines is 4. The molecule has 3 aromatic rings. The molecule has 2 heterocycles.